The van der Waals surface area contributed by atoms with Crippen LogP contribution in [0, 0.1) is 5.82 Å². The number of aromatic nitrogens is 1. The van der Waals surface area contributed by atoms with Crippen molar-refractivity contribution >= 4 is 22.5 Å². The van der Waals surface area contributed by atoms with E-state index in [4.69, 9.17) is 4.74 Å². The van der Waals surface area contributed by atoms with E-state index in [9.17, 15) is 27.5 Å². The summed E-state index contributed by atoms with van der Waals surface area (Å²) in [6, 6.07) is 11.2. The normalized spacial score (nSPS) is 14.1. The lowest BCUT2D eigenvalue weighted by Crippen LogP contribution is -2.57. The molecule has 1 unspecified atom stereocenters. The molecule has 0 aliphatic carbocycles. The van der Waals surface area contributed by atoms with Gasteiger partial charge in [-0.05, 0) is 47.9 Å². The van der Waals surface area contributed by atoms with Gasteiger partial charge in [0.25, 0.3) is 5.91 Å². The number of carbonyl (C=O) groups is 1. The number of fused-ring (bicyclic) bond motifs is 1. The Hall–Kier alpha value is -3.20. The molecular formula is C23H22F4N2O3. The van der Waals surface area contributed by atoms with E-state index in [0.717, 1.165) is 12.1 Å². The fraction of sp³-hybridized carbons (Fsp3) is 0.304. The van der Waals surface area contributed by atoms with E-state index >= 15 is 0 Å². The Morgan fingerprint density at radius 2 is 1.84 bits per heavy atom. The molecule has 0 bridgehead atoms. The van der Waals surface area contributed by atoms with Gasteiger partial charge < -0.3 is 15.2 Å². The molecule has 1 aromatic heterocycles. The molecule has 32 heavy (non-hydrogen) atoms. The van der Waals surface area contributed by atoms with Crippen molar-refractivity contribution < 1.29 is 32.2 Å². The number of ether oxygens (including phenoxy) is 1. The zero-order valence-corrected chi connectivity index (χ0v) is 17.6. The van der Waals surface area contributed by atoms with Crippen LogP contribution in [0.25, 0.3) is 10.9 Å². The van der Waals surface area contributed by atoms with Gasteiger partial charge in [-0.1, -0.05) is 19.9 Å². The zero-order valence-electron chi connectivity index (χ0n) is 17.6. The van der Waals surface area contributed by atoms with Crippen molar-refractivity contribution in [3.63, 3.8) is 0 Å². The summed E-state index contributed by atoms with van der Waals surface area (Å²) in [5.74, 6) is -2.19. The first-order chi connectivity index (χ1) is 14.9. The summed E-state index contributed by atoms with van der Waals surface area (Å²) < 4.78 is 61.2. The summed E-state index contributed by atoms with van der Waals surface area (Å²) in [4.78, 5) is 16.9. The summed E-state index contributed by atoms with van der Waals surface area (Å²) in [6.45, 7) is 2.74. The standard InChI is InChI=1S/C23H22F4N2O3/c1-21(2,16-12-14(24)9-10-19(16)32-3)13-22(31,23(25,26)27)20(30)29-18-8-4-7-17-15(18)6-5-11-28-17/h4-12,31H,13H2,1-3H3,(H,29,30). The van der Waals surface area contributed by atoms with Gasteiger partial charge in [-0.2, -0.15) is 13.2 Å². The number of hydrogen-bond acceptors (Lipinski definition) is 4. The Morgan fingerprint density at radius 3 is 2.50 bits per heavy atom. The van der Waals surface area contributed by atoms with Crippen LogP contribution in [0.1, 0.15) is 25.8 Å². The lowest BCUT2D eigenvalue weighted by atomic mass is 9.74. The molecule has 0 radical (unpaired) electrons. The van der Waals surface area contributed by atoms with E-state index in [-0.39, 0.29) is 17.0 Å². The SMILES string of the molecule is COc1ccc(F)cc1C(C)(C)CC(O)(C(=O)Nc1cccc2ncccc12)C(F)(F)F. The second kappa shape index (κ2) is 8.38. The molecule has 1 atom stereocenters. The number of anilines is 1. The molecule has 1 amide bonds. The van der Waals surface area contributed by atoms with Crippen molar-refractivity contribution in [2.45, 2.75) is 37.5 Å². The minimum absolute atomic E-state index is 0.0735. The number of amides is 1. The Balaban J connectivity index is 2.01. The Morgan fingerprint density at radius 1 is 1.12 bits per heavy atom. The third-order valence-electron chi connectivity index (χ3n) is 5.33. The number of halogens is 4. The molecule has 0 aliphatic heterocycles. The van der Waals surface area contributed by atoms with Gasteiger partial charge >= 0.3 is 6.18 Å². The van der Waals surface area contributed by atoms with E-state index in [1.165, 1.54) is 45.4 Å². The van der Waals surface area contributed by atoms with Crippen molar-refractivity contribution in [3.8, 4) is 5.75 Å². The van der Waals surface area contributed by atoms with Gasteiger partial charge in [-0.15, -0.1) is 0 Å². The van der Waals surface area contributed by atoms with Gasteiger partial charge in [0.1, 0.15) is 11.6 Å². The number of carbonyl (C=O) groups excluding carboxylic acids is 1. The third kappa shape index (κ3) is 4.38. The van der Waals surface area contributed by atoms with Crippen LogP contribution in [0.2, 0.25) is 0 Å². The van der Waals surface area contributed by atoms with E-state index in [1.807, 2.05) is 0 Å². The molecule has 9 heteroatoms. The minimum Gasteiger partial charge on any atom is -0.496 e. The summed E-state index contributed by atoms with van der Waals surface area (Å²) in [5, 5.41) is 13.3. The van der Waals surface area contributed by atoms with Gasteiger partial charge in [0, 0.05) is 23.6 Å². The number of methoxy groups -OCH3 is 1. The molecule has 0 fully saturated rings. The number of benzene rings is 2. The number of nitrogens with zero attached hydrogens (tertiary/aromatic N) is 1. The molecular weight excluding hydrogens is 428 g/mol. The van der Waals surface area contributed by atoms with Gasteiger partial charge in [-0.3, -0.25) is 9.78 Å². The summed E-state index contributed by atoms with van der Waals surface area (Å²) in [7, 11) is 1.30. The maximum Gasteiger partial charge on any atom is 0.426 e. The molecule has 0 saturated heterocycles. The molecule has 2 aromatic carbocycles. The van der Waals surface area contributed by atoms with Crippen LogP contribution in [0.3, 0.4) is 0 Å². The van der Waals surface area contributed by atoms with E-state index in [2.05, 4.69) is 10.3 Å². The minimum atomic E-state index is -5.31. The van der Waals surface area contributed by atoms with Crippen molar-refractivity contribution in [1.82, 2.24) is 4.98 Å². The number of pyridine rings is 1. The molecule has 5 nitrogen and oxygen atoms in total. The van der Waals surface area contributed by atoms with Gasteiger partial charge in [0.05, 0.1) is 18.3 Å². The molecule has 0 spiro atoms. The second-order valence-corrected chi connectivity index (χ2v) is 8.09. The smallest absolute Gasteiger partial charge is 0.426 e. The second-order valence-electron chi connectivity index (χ2n) is 8.09. The number of alkyl halides is 3. The maximum absolute atomic E-state index is 14.1. The van der Waals surface area contributed by atoms with Crippen LogP contribution in [-0.2, 0) is 10.2 Å². The summed E-state index contributed by atoms with van der Waals surface area (Å²) >= 11 is 0. The predicted octanol–water partition coefficient (Wildman–Crippen LogP) is 4.98. The van der Waals surface area contributed by atoms with Crippen LogP contribution < -0.4 is 10.1 Å². The Labute approximate surface area is 182 Å². The number of nitrogens with one attached hydrogen (secondary N) is 1. The zero-order chi connectivity index (χ0) is 23.7. The first-order valence-corrected chi connectivity index (χ1v) is 9.67. The van der Waals surface area contributed by atoms with Gasteiger partial charge in [0.2, 0.25) is 5.60 Å². The van der Waals surface area contributed by atoms with Crippen LogP contribution in [0.5, 0.6) is 5.75 Å². The molecule has 0 aliphatic rings. The van der Waals surface area contributed by atoms with E-state index < -0.39 is 35.3 Å². The fourth-order valence-electron chi connectivity index (χ4n) is 3.69. The highest BCUT2D eigenvalue weighted by Gasteiger charge is 2.61. The highest BCUT2D eigenvalue weighted by atomic mass is 19.4. The number of hydrogen-bond donors (Lipinski definition) is 2. The van der Waals surface area contributed by atoms with E-state index in [0.29, 0.717) is 10.9 Å². The lowest BCUT2D eigenvalue weighted by molar-refractivity contribution is -0.254. The number of aliphatic hydroxyl groups is 1. The average molecular weight is 450 g/mol. The molecule has 170 valence electrons. The van der Waals surface area contributed by atoms with Crippen molar-refractivity contribution in [3.05, 3.63) is 66.1 Å². The fourth-order valence-corrected chi connectivity index (χ4v) is 3.69. The Kier molecular flexibility index (Phi) is 6.15. The monoisotopic (exact) mass is 450 g/mol. The van der Waals surface area contributed by atoms with Crippen LogP contribution in [0.15, 0.2) is 54.7 Å². The largest absolute Gasteiger partial charge is 0.496 e. The Bertz CT molecular complexity index is 1140. The van der Waals surface area contributed by atoms with Crippen LogP contribution >= 0.6 is 0 Å². The van der Waals surface area contributed by atoms with E-state index in [1.54, 1.807) is 18.2 Å². The van der Waals surface area contributed by atoms with Crippen molar-refractivity contribution in [1.29, 1.82) is 0 Å². The summed E-state index contributed by atoms with van der Waals surface area (Å²) in [6.07, 6.45) is -4.87. The van der Waals surface area contributed by atoms with Crippen LogP contribution in [-0.4, -0.2) is 34.9 Å². The first-order valence-electron chi connectivity index (χ1n) is 9.67. The maximum atomic E-state index is 14.1. The lowest BCUT2D eigenvalue weighted by Gasteiger charge is -2.37. The summed E-state index contributed by atoms with van der Waals surface area (Å²) in [5.41, 5.74) is -4.63. The molecule has 2 N–H and O–H groups in total. The van der Waals surface area contributed by atoms with Crippen molar-refractivity contribution in [2.24, 2.45) is 0 Å². The molecule has 3 rings (SSSR count). The first kappa shape index (κ1) is 23.5. The van der Waals surface area contributed by atoms with Gasteiger partial charge in [0.15, 0.2) is 0 Å². The molecule has 3 aromatic rings. The topological polar surface area (TPSA) is 71.5 Å². The van der Waals surface area contributed by atoms with Crippen molar-refractivity contribution in [2.75, 3.05) is 12.4 Å². The van der Waals surface area contributed by atoms with Crippen LogP contribution in [0.4, 0.5) is 23.2 Å². The average Bonchev–Trinajstić information content (AvgIpc) is 2.72. The molecule has 0 saturated carbocycles. The third-order valence-corrected chi connectivity index (χ3v) is 5.33. The quantitative estimate of drug-likeness (QED) is 0.520. The highest BCUT2D eigenvalue weighted by Crippen LogP contribution is 2.44. The van der Waals surface area contributed by atoms with Gasteiger partial charge in [-0.25, -0.2) is 4.39 Å². The molecule has 1 heterocycles. The predicted molar refractivity (Wildman–Crippen MR) is 112 cm³/mol. The highest BCUT2D eigenvalue weighted by molar-refractivity contribution is 6.04. The number of rotatable bonds is 6.